The third-order valence-electron chi connectivity index (χ3n) is 3.10. The summed E-state index contributed by atoms with van der Waals surface area (Å²) < 4.78 is 19.9. The summed E-state index contributed by atoms with van der Waals surface area (Å²) in [5, 5.41) is 0.433. The summed E-state index contributed by atoms with van der Waals surface area (Å²) in [5.41, 5.74) is 0.512. The van der Waals surface area contributed by atoms with Gasteiger partial charge < -0.3 is 18.9 Å². The van der Waals surface area contributed by atoms with Gasteiger partial charge in [-0.15, -0.1) is 0 Å². The Morgan fingerprint density at radius 1 is 0.909 bits per heavy atom. The molecular formula is C15H15NO6. The van der Waals surface area contributed by atoms with Gasteiger partial charge in [0, 0.05) is 12.1 Å². The van der Waals surface area contributed by atoms with Gasteiger partial charge in [-0.05, 0) is 6.07 Å². The highest BCUT2D eigenvalue weighted by molar-refractivity contribution is 6.08. The number of benzene rings is 1. The van der Waals surface area contributed by atoms with Crippen LogP contribution in [0.5, 0.6) is 11.5 Å². The standard InChI is InChI=1S/C15H15NO6/c1-19-8-5-10-13(12(6-8)20-2)9(14(17)21-3)7-11(16-10)15(18)22-4/h5-7H,1-4H3. The van der Waals surface area contributed by atoms with E-state index in [4.69, 9.17) is 14.2 Å². The maximum atomic E-state index is 12.0. The molecule has 0 saturated carbocycles. The highest BCUT2D eigenvalue weighted by Gasteiger charge is 2.21. The molecule has 0 bridgehead atoms. The Balaban J connectivity index is 2.86. The molecule has 7 heteroatoms. The SMILES string of the molecule is COC(=O)c1cc(C(=O)OC)c2c(OC)cc(OC)cc2n1. The molecule has 2 rings (SSSR count). The summed E-state index contributed by atoms with van der Waals surface area (Å²) in [7, 11) is 5.44. The van der Waals surface area contributed by atoms with Crippen LogP contribution in [0.15, 0.2) is 18.2 Å². The summed E-state index contributed by atoms with van der Waals surface area (Å²) in [4.78, 5) is 28.0. The van der Waals surface area contributed by atoms with Crippen LogP contribution in [0, 0.1) is 0 Å². The molecular weight excluding hydrogens is 290 g/mol. The van der Waals surface area contributed by atoms with Crippen molar-refractivity contribution in [3.63, 3.8) is 0 Å². The second-order valence-corrected chi connectivity index (χ2v) is 4.26. The average molecular weight is 305 g/mol. The number of hydrogen-bond acceptors (Lipinski definition) is 7. The van der Waals surface area contributed by atoms with Crippen molar-refractivity contribution >= 4 is 22.8 Å². The second kappa shape index (κ2) is 6.30. The molecule has 116 valence electrons. The smallest absolute Gasteiger partial charge is 0.356 e. The van der Waals surface area contributed by atoms with Crippen molar-refractivity contribution in [3.8, 4) is 11.5 Å². The lowest BCUT2D eigenvalue weighted by Crippen LogP contribution is -2.10. The zero-order valence-electron chi connectivity index (χ0n) is 12.6. The third kappa shape index (κ3) is 2.65. The summed E-state index contributed by atoms with van der Waals surface area (Å²) in [6.07, 6.45) is 0. The van der Waals surface area contributed by atoms with E-state index < -0.39 is 11.9 Å². The topological polar surface area (TPSA) is 84.0 Å². The highest BCUT2D eigenvalue weighted by Crippen LogP contribution is 2.33. The number of hydrogen-bond donors (Lipinski definition) is 0. The number of pyridine rings is 1. The van der Waals surface area contributed by atoms with Gasteiger partial charge in [-0.25, -0.2) is 14.6 Å². The predicted octanol–water partition coefficient (Wildman–Crippen LogP) is 1.83. The Morgan fingerprint density at radius 2 is 1.59 bits per heavy atom. The van der Waals surface area contributed by atoms with E-state index in [2.05, 4.69) is 9.72 Å². The predicted molar refractivity (Wildman–Crippen MR) is 77.5 cm³/mol. The number of carbonyl (C=O) groups excluding carboxylic acids is 2. The molecule has 2 aromatic rings. The molecule has 0 saturated heterocycles. The number of rotatable bonds is 4. The molecule has 0 atom stereocenters. The van der Waals surface area contributed by atoms with Gasteiger partial charge in [0.15, 0.2) is 0 Å². The van der Waals surface area contributed by atoms with E-state index >= 15 is 0 Å². The van der Waals surface area contributed by atoms with Crippen molar-refractivity contribution in [2.75, 3.05) is 28.4 Å². The second-order valence-electron chi connectivity index (χ2n) is 4.26. The van der Waals surface area contributed by atoms with Gasteiger partial charge >= 0.3 is 11.9 Å². The van der Waals surface area contributed by atoms with Crippen LogP contribution in [0.25, 0.3) is 10.9 Å². The van der Waals surface area contributed by atoms with E-state index in [0.29, 0.717) is 22.4 Å². The van der Waals surface area contributed by atoms with Crippen LogP contribution in [0.3, 0.4) is 0 Å². The van der Waals surface area contributed by atoms with Crippen molar-refractivity contribution in [3.05, 3.63) is 29.5 Å². The molecule has 0 N–H and O–H groups in total. The Bertz CT molecular complexity index is 740. The molecule has 22 heavy (non-hydrogen) atoms. The zero-order chi connectivity index (χ0) is 16.3. The lowest BCUT2D eigenvalue weighted by Gasteiger charge is -2.12. The minimum atomic E-state index is -0.658. The first-order valence-corrected chi connectivity index (χ1v) is 6.29. The van der Waals surface area contributed by atoms with E-state index in [0.717, 1.165) is 0 Å². The molecule has 1 heterocycles. The van der Waals surface area contributed by atoms with Crippen LogP contribution in [0.2, 0.25) is 0 Å². The van der Waals surface area contributed by atoms with Crippen LogP contribution in [-0.4, -0.2) is 45.4 Å². The Hall–Kier alpha value is -2.83. The summed E-state index contributed by atoms with van der Waals surface area (Å²) in [5.74, 6) is -0.400. The maximum Gasteiger partial charge on any atom is 0.356 e. The van der Waals surface area contributed by atoms with Gasteiger partial charge in [-0.3, -0.25) is 0 Å². The first kappa shape index (κ1) is 15.6. The normalized spacial score (nSPS) is 10.2. The first-order valence-electron chi connectivity index (χ1n) is 6.29. The minimum Gasteiger partial charge on any atom is -0.497 e. The van der Waals surface area contributed by atoms with E-state index in [1.165, 1.54) is 34.5 Å². The molecule has 0 radical (unpaired) electrons. The molecule has 0 unspecified atom stereocenters. The fourth-order valence-electron chi connectivity index (χ4n) is 2.06. The van der Waals surface area contributed by atoms with E-state index in [-0.39, 0.29) is 11.3 Å². The number of fused-ring (bicyclic) bond motifs is 1. The van der Waals surface area contributed by atoms with Crippen molar-refractivity contribution < 1.29 is 28.5 Å². The number of methoxy groups -OCH3 is 4. The highest BCUT2D eigenvalue weighted by atomic mass is 16.5. The van der Waals surface area contributed by atoms with Crippen molar-refractivity contribution in [1.29, 1.82) is 0 Å². The molecule has 0 fully saturated rings. The lowest BCUT2D eigenvalue weighted by atomic mass is 10.1. The van der Waals surface area contributed by atoms with Crippen LogP contribution >= 0.6 is 0 Å². The maximum absolute atomic E-state index is 12.0. The van der Waals surface area contributed by atoms with E-state index in [9.17, 15) is 9.59 Å². The lowest BCUT2D eigenvalue weighted by molar-refractivity contribution is 0.0594. The van der Waals surface area contributed by atoms with Crippen LogP contribution < -0.4 is 9.47 Å². The Kier molecular flexibility index (Phi) is 4.45. The molecule has 0 aliphatic rings. The zero-order valence-corrected chi connectivity index (χ0v) is 12.6. The minimum absolute atomic E-state index is 0.00861. The van der Waals surface area contributed by atoms with Crippen LogP contribution in [-0.2, 0) is 9.47 Å². The molecule has 1 aromatic carbocycles. The molecule has 1 aromatic heterocycles. The van der Waals surface area contributed by atoms with Gasteiger partial charge in [-0.2, -0.15) is 0 Å². The van der Waals surface area contributed by atoms with Crippen LogP contribution in [0.4, 0.5) is 0 Å². The number of aromatic nitrogens is 1. The number of ether oxygens (including phenoxy) is 4. The fraction of sp³-hybridized carbons (Fsp3) is 0.267. The van der Waals surface area contributed by atoms with Gasteiger partial charge in [0.1, 0.15) is 17.2 Å². The van der Waals surface area contributed by atoms with Crippen LogP contribution in [0.1, 0.15) is 20.8 Å². The van der Waals surface area contributed by atoms with E-state index in [1.807, 2.05) is 0 Å². The van der Waals surface area contributed by atoms with Gasteiger partial charge in [0.05, 0.1) is 44.9 Å². The number of esters is 2. The van der Waals surface area contributed by atoms with Gasteiger partial charge in [0.2, 0.25) is 0 Å². The monoisotopic (exact) mass is 305 g/mol. The van der Waals surface area contributed by atoms with Crippen molar-refractivity contribution in [2.24, 2.45) is 0 Å². The first-order chi connectivity index (χ1) is 10.5. The third-order valence-corrected chi connectivity index (χ3v) is 3.10. The van der Waals surface area contributed by atoms with E-state index in [1.54, 1.807) is 12.1 Å². The fourth-order valence-corrected chi connectivity index (χ4v) is 2.06. The van der Waals surface area contributed by atoms with Gasteiger partial charge in [0.25, 0.3) is 0 Å². The molecule has 0 amide bonds. The average Bonchev–Trinajstić information content (AvgIpc) is 2.57. The Morgan fingerprint density at radius 3 is 2.14 bits per heavy atom. The molecule has 0 aliphatic carbocycles. The van der Waals surface area contributed by atoms with Crippen molar-refractivity contribution in [2.45, 2.75) is 0 Å². The molecule has 7 nitrogen and oxygen atoms in total. The van der Waals surface area contributed by atoms with Gasteiger partial charge in [-0.1, -0.05) is 0 Å². The quantitative estimate of drug-likeness (QED) is 0.797. The largest absolute Gasteiger partial charge is 0.497 e. The summed E-state index contributed by atoms with van der Waals surface area (Å²) >= 11 is 0. The summed E-state index contributed by atoms with van der Waals surface area (Å²) in [6.45, 7) is 0. The number of carbonyl (C=O) groups is 2. The molecule has 0 aliphatic heterocycles. The van der Waals surface area contributed by atoms with Crippen molar-refractivity contribution in [1.82, 2.24) is 4.98 Å². The Labute approximate surface area is 126 Å². The summed E-state index contributed by atoms with van der Waals surface area (Å²) in [6, 6.07) is 4.53. The molecule has 0 spiro atoms. The number of nitrogens with zero attached hydrogens (tertiary/aromatic N) is 1.